The fourth-order valence-electron chi connectivity index (χ4n) is 2.04. The Bertz CT molecular complexity index is 1220. The molecule has 31 heavy (non-hydrogen) atoms. The third-order valence-electron chi connectivity index (χ3n) is 3.08. The van der Waals surface area contributed by atoms with Gasteiger partial charge in [-0.3, -0.25) is 0 Å². The van der Waals surface area contributed by atoms with Crippen LogP contribution in [0, 0.1) is 108 Å². The van der Waals surface area contributed by atoms with E-state index in [0.29, 0.717) is 6.67 Å². The molecule has 0 aliphatic carbocycles. The maximum absolute atomic E-state index is 5.16. The van der Waals surface area contributed by atoms with Gasteiger partial charge in [-0.1, -0.05) is 30.3 Å². The summed E-state index contributed by atoms with van der Waals surface area (Å²) in [4.78, 5) is 1.79. The van der Waals surface area contributed by atoms with Crippen molar-refractivity contribution in [2.45, 2.75) is 0 Å². The molecule has 1 rings (SSSR count). The Morgan fingerprint density at radius 1 is 0.677 bits per heavy atom. The Morgan fingerprint density at radius 3 is 1.65 bits per heavy atom. The van der Waals surface area contributed by atoms with Gasteiger partial charge in [0.1, 0.15) is 8.22 Å². The van der Waals surface area contributed by atoms with Crippen LogP contribution in [0.3, 0.4) is 0 Å². The third kappa shape index (κ3) is 9.84. The standard InChI is InChI=1S/C27H16N3P/c1-6-9-12-18-23-28(4)26-29(5)31(27-21-16-15-17-22-27)30(24-19-13-10-7-2)25-20-14-11-8-3/h1-3,15-17,21-22H,26H2,4-5H3. The van der Waals surface area contributed by atoms with Crippen LogP contribution in [-0.4, -0.2) is 35.0 Å². The van der Waals surface area contributed by atoms with Crippen LogP contribution in [0.25, 0.3) is 0 Å². The zero-order valence-corrected chi connectivity index (χ0v) is 18.0. The molecule has 0 radical (unpaired) electrons. The lowest BCUT2D eigenvalue weighted by Gasteiger charge is -2.33. The number of terminal acetylenes is 3. The van der Waals surface area contributed by atoms with Gasteiger partial charge in [-0.05, 0) is 42.6 Å². The maximum atomic E-state index is 5.16. The van der Waals surface area contributed by atoms with Gasteiger partial charge in [0, 0.05) is 66.0 Å². The fraction of sp³-hybridized carbons (Fsp3) is 0.111. The first-order chi connectivity index (χ1) is 15.1. The average Bonchev–Trinajstić information content (AvgIpc) is 2.77. The molecular formula is C27H16N3P. The fourth-order valence-corrected chi connectivity index (χ4v) is 4.01. The maximum Gasteiger partial charge on any atom is 0.123 e. The second-order valence-electron chi connectivity index (χ2n) is 5.33. The lowest BCUT2D eigenvalue weighted by atomic mass is 10.4. The number of hydrogen-bond donors (Lipinski definition) is 0. The summed E-state index contributed by atoms with van der Waals surface area (Å²) in [6.45, 7) is 0.483. The molecule has 0 heterocycles. The Morgan fingerprint density at radius 2 is 1.16 bits per heavy atom. The quantitative estimate of drug-likeness (QED) is 0.314. The molecule has 4 heteroatoms. The summed E-state index contributed by atoms with van der Waals surface area (Å²) in [5, 5.41) is 1.02. The summed E-state index contributed by atoms with van der Waals surface area (Å²) in [6.07, 6.45) is 15.4. The highest BCUT2D eigenvalue weighted by atomic mass is 31.1. The van der Waals surface area contributed by atoms with Crippen LogP contribution < -0.4 is 5.30 Å². The molecule has 0 aliphatic rings. The lowest BCUT2D eigenvalue weighted by molar-refractivity contribution is 0.348. The lowest BCUT2D eigenvalue weighted by Crippen LogP contribution is -2.33. The second kappa shape index (κ2) is 15.2. The molecule has 1 unspecified atom stereocenters. The summed E-state index contributed by atoms with van der Waals surface area (Å²) in [7, 11) is 2.62. The zero-order chi connectivity index (χ0) is 22.7. The van der Waals surface area contributed by atoms with E-state index in [1.54, 1.807) is 9.57 Å². The van der Waals surface area contributed by atoms with Gasteiger partial charge in [-0.2, -0.15) is 0 Å². The minimum Gasteiger partial charge on any atom is -0.321 e. The molecule has 0 saturated heterocycles. The summed E-state index contributed by atoms with van der Waals surface area (Å²) in [6, 6.07) is 18.7. The molecule has 0 N–H and O–H groups in total. The van der Waals surface area contributed by atoms with Gasteiger partial charge in [0.2, 0.25) is 0 Å². The average molecular weight is 413 g/mol. The third-order valence-corrected chi connectivity index (χ3v) is 5.19. The van der Waals surface area contributed by atoms with Gasteiger partial charge in [0.15, 0.2) is 0 Å². The molecule has 1 aromatic rings. The SMILES string of the molecule is C#CC#CC#CN(C)CN(C)P(c1ccccc1)N(C#CC#CC#C)C#CC#CC#C. The molecule has 0 aliphatic heterocycles. The van der Waals surface area contributed by atoms with Crippen molar-refractivity contribution in [1.29, 1.82) is 0 Å². The predicted molar refractivity (Wildman–Crippen MR) is 128 cm³/mol. The van der Waals surface area contributed by atoms with E-state index in [1.165, 1.54) is 0 Å². The van der Waals surface area contributed by atoms with E-state index < -0.39 is 8.22 Å². The summed E-state index contributed by atoms with van der Waals surface area (Å²) < 4.78 is 3.74. The van der Waals surface area contributed by atoms with Gasteiger partial charge in [-0.15, -0.1) is 19.3 Å². The topological polar surface area (TPSA) is 9.72 Å². The Hall–Kier alpha value is -4.75. The van der Waals surface area contributed by atoms with E-state index in [-0.39, 0.29) is 0 Å². The molecular weight excluding hydrogens is 397 g/mol. The molecule has 3 nitrogen and oxygen atoms in total. The van der Waals surface area contributed by atoms with Crippen LogP contribution >= 0.6 is 8.22 Å². The van der Waals surface area contributed by atoms with Gasteiger partial charge in [0.25, 0.3) is 0 Å². The Balaban J connectivity index is 3.36. The van der Waals surface area contributed by atoms with Crippen molar-refractivity contribution in [2.24, 2.45) is 0 Å². The zero-order valence-electron chi connectivity index (χ0n) is 17.1. The van der Waals surface area contributed by atoms with E-state index in [4.69, 9.17) is 19.3 Å². The molecule has 0 spiro atoms. The van der Waals surface area contributed by atoms with Crippen LogP contribution in [0.5, 0.6) is 0 Å². The highest BCUT2D eigenvalue weighted by molar-refractivity contribution is 7.61. The molecule has 0 bridgehead atoms. The van der Waals surface area contributed by atoms with Crippen molar-refractivity contribution in [1.82, 2.24) is 14.2 Å². The van der Waals surface area contributed by atoms with Crippen molar-refractivity contribution in [2.75, 3.05) is 20.8 Å². The molecule has 0 aromatic heterocycles. The summed E-state index contributed by atoms with van der Waals surface area (Å²) in [5.74, 6) is 30.0. The van der Waals surface area contributed by atoms with Crippen molar-refractivity contribution < 1.29 is 0 Å². The van der Waals surface area contributed by atoms with E-state index in [0.717, 1.165) is 5.30 Å². The van der Waals surface area contributed by atoms with E-state index in [2.05, 4.69) is 93.8 Å². The first-order valence-corrected chi connectivity index (χ1v) is 9.85. The van der Waals surface area contributed by atoms with Crippen molar-refractivity contribution in [3.8, 4) is 108 Å². The van der Waals surface area contributed by atoms with Gasteiger partial charge in [-0.25, -0.2) is 9.34 Å². The van der Waals surface area contributed by atoms with Gasteiger partial charge < -0.3 is 4.90 Å². The number of hydrogen-bond acceptors (Lipinski definition) is 3. The highest BCUT2D eigenvalue weighted by Gasteiger charge is 2.23. The molecule has 0 fully saturated rings. The van der Waals surface area contributed by atoms with Crippen LogP contribution in [0.1, 0.15) is 0 Å². The second-order valence-corrected chi connectivity index (χ2v) is 7.51. The molecule has 1 aromatic carbocycles. The van der Waals surface area contributed by atoms with Crippen LogP contribution in [-0.2, 0) is 0 Å². The number of nitrogens with zero attached hydrogens (tertiary/aromatic N) is 3. The molecule has 1 atom stereocenters. The van der Waals surface area contributed by atoms with Crippen molar-refractivity contribution in [3.05, 3.63) is 30.3 Å². The normalized spacial score (nSPS) is 8.26. The number of rotatable bonds is 5. The van der Waals surface area contributed by atoms with E-state index >= 15 is 0 Å². The smallest absolute Gasteiger partial charge is 0.123 e. The van der Waals surface area contributed by atoms with Gasteiger partial charge in [0.05, 0.1) is 6.67 Å². The van der Waals surface area contributed by atoms with Crippen LogP contribution in [0.4, 0.5) is 0 Å². The monoisotopic (exact) mass is 413 g/mol. The Labute approximate surface area is 187 Å². The van der Waals surface area contributed by atoms with Crippen LogP contribution in [0.15, 0.2) is 30.3 Å². The minimum atomic E-state index is -1.17. The highest BCUT2D eigenvalue weighted by Crippen LogP contribution is 2.41. The minimum absolute atomic E-state index is 0.483. The van der Waals surface area contributed by atoms with Crippen molar-refractivity contribution in [3.63, 3.8) is 0 Å². The van der Waals surface area contributed by atoms with Crippen molar-refractivity contribution >= 4 is 13.5 Å². The van der Waals surface area contributed by atoms with Crippen LogP contribution in [0.2, 0.25) is 0 Å². The molecule has 144 valence electrons. The Kier molecular flexibility index (Phi) is 11.9. The largest absolute Gasteiger partial charge is 0.321 e. The molecule has 0 amide bonds. The van der Waals surface area contributed by atoms with E-state index in [1.807, 2.05) is 44.4 Å². The summed E-state index contributed by atoms with van der Waals surface area (Å²) in [5.41, 5.74) is 0. The molecule has 0 saturated carbocycles. The summed E-state index contributed by atoms with van der Waals surface area (Å²) >= 11 is 0. The van der Waals surface area contributed by atoms with Gasteiger partial charge >= 0.3 is 0 Å². The van der Waals surface area contributed by atoms with E-state index in [9.17, 15) is 0 Å². The predicted octanol–water partition coefficient (Wildman–Crippen LogP) is 1.54. The first-order valence-electron chi connectivity index (χ1n) is 8.60. The number of benzene rings is 1. The first kappa shape index (κ1) is 24.3.